The number of aromatic nitrogens is 2. The molecule has 1 aromatic carbocycles. The maximum Gasteiger partial charge on any atom is 0.240 e. The van der Waals surface area contributed by atoms with Crippen molar-refractivity contribution in [1.29, 1.82) is 0 Å². The Morgan fingerprint density at radius 2 is 2.25 bits per heavy atom. The van der Waals surface area contributed by atoms with Gasteiger partial charge >= 0.3 is 0 Å². The highest BCUT2D eigenvalue weighted by molar-refractivity contribution is 7.98. The predicted octanol–water partition coefficient (Wildman–Crippen LogP) is 2.39. The molecule has 3 rings (SSSR count). The van der Waals surface area contributed by atoms with Crippen molar-refractivity contribution >= 4 is 28.7 Å². The molecule has 1 N–H and O–H groups in total. The van der Waals surface area contributed by atoms with Crippen LogP contribution in [0.4, 0.5) is 0 Å². The molecule has 1 aromatic heterocycles. The second-order valence-electron chi connectivity index (χ2n) is 5.16. The number of carbonyl (C=O) groups is 1. The summed E-state index contributed by atoms with van der Waals surface area (Å²) in [6, 6.07) is 8.06. The van der Waals surface area contributed by atoms with Gasteiger partial charge in [0.1, 0.15) is 12.4 Å². The molecule has 0 aliphatic heterocycles. The van der Waals surface area contributed by atoms with E-state index in [4.69, 9.17) is 4.98 Å². The molecule has 20 heavy (non-hydrogen) atoms. The van der Waals surface area contributed by atoms with Gasteiger partial charge in [-0.3, -0.25) is 4.79 Å². The van der Waals surface area contributed by atoms with Gasteiger partial charge in [-0.15, -0.1) is 0 Å². The topological polar surface area (TPSA) is 46.9 Å². The zero-order valence-electron chi connectivity index (χ0n) is 11.6. The molecule has 0 atom stereocenters. The molecular formula is C15H19N3OS. The summed E-state index contributed by atoms with van der Waals surface area (Å²) in [4.78, 5) is 16.8. The SMILES string of the molecule is CSCCNC(=O)Cn1c(C2CC2)nc2ccccc21. The van der Waals surface area contributed by atoms with Crippen molar-refractivity contribution in [2.24, 2.45) is 0 Å². The number of nitrogens with one attached hydrogen (secondary N) is 1. The minimum Gasteiger partial charge on any atom is -0.354 e. The second kappa shape index (κ2) is 5.87. The first kappa shape index (κ1) is 13.5. The van der Waals surface area contributed by atoms with E-state index in [9.17, 15) is 4.79 Å². The third kappa shape index (κ3) is 2.82. The van der Waals surface area contributed by atoms with E-state index in [1.165, 1.54) is 12.8 Å². The van der Waals surface area contributed by atoms with Crippen molar-refractivity contribution in [3.05, 3.63) is 30.1 Å². The lowest BCUT2D eigenvalue weighted by molar-refractivity contribution is -0.121. The van der Waals surface area contributed by atoms with E-state index in [2.05, 4.69) is 9.88 Å². The first-order valence-electron chi connectivity index (χ1n) is 7.00. The molecule has 1 fully saturated rings. The number of carbonyl (C=O) groups excluding carboxylic acids is 1. The van der Waals surface area contributed by atoms with Gasteiger partial charge in [0.05, 0.1) is 11.0 Å². The molecule has 1 aliphatic rings. The zero-order chi connectivity index (χ0) is 13.9. The lowest BCUT2D eigenvalue weighted by Gasteiger charge is -2.09. The Morgan fingerprint density at radius 1 is 1.45 bits per heavy atom. The first-order valence-corrected chi connectivity index (χ1v) is 8.40. The fourth-order valence-electron chi connectivity index (χ4n) is 2.41. The van der Waals surface area contributed by atoms with E-state index >= 15 is 0 Å². The lowest BCUT2D eigenvalue weighted by atomic mass is 10.3. The number of thioether (sulfide) groups is 1. The number of amides is 1. The van der Waals surface area contributed by atoms with Gasteiger partial charge in [-0.2, -0.15) is 11.8 Å². The van der Waals surface area contributed by atoms with Crippen LogP contribution in [0.25, 0.3) is 11.0 Å². The van der Waals surface area contributed by atoms with Crippen molar-refractivity contribution in [1.82, 2.24) is 14.9 Å². The number of hydrogen-bond donors (Lipinski definition) is 1. The Bertz CT molecular complexity index is 619. The molecule has 0 unspecified atom stereocenters. The van der Waals surface area contributed by atoms with Gasteiger partial charge in [0.15, 0.2) is 0 Å². The number of imidazole rings is 1. The van der Waals surface area contributed by atoms with E-state index in [0.29, 0.717) is 12.5 Å². The monoisotopic (exact) mass is 289 g/mol. The summed E-state index contributed by atoms with van der Waals surface area (Å²) in [5.74, 6) is 2.64. The summed E-state index contributed by atoms with van der Waals surface area (Å²) in [5.41, 5.74) is 2.06. The fourth-order valence-corrected chi connectivity index (χ4v) is 2.71. The third-order valence-electron chi connectivity index (χ3n) is 3.56. The Labute approximate surface area is 123 Å². The van der Waals surface area contributed by atoms with E-state index in [1.54, 1.807) is 11.8 Å². The van der Waals surface area contributed by atoms with Crippen molar-refractivity contribution in [2.45, 2.75) is 25.3 Å². The summed E-state index contributed by atoms with van der Waals surface area (Å²) in [7, 11) is 0. The standard InChI is InChI=1S/C15H19N3OS/c1-20-9-8-16-14(19)10-18-13-5-3-2-4-12(13)17-15(18)11-6-7-11/h2-5,11H,6-10H2,1H3,(H,16,19). The zero-order valence-corrected chi connectivity index (χ0v) is 12.4. The molecule has 1 heterocycles. The smallest absolute Gasteiger partial charge is 0.240 e. The van der Waals surface area contributed by atoms with Crippen molar-refractivity contribution in [3.8, 4) is 0 Å². The van der Waals surface area contributed by atoms with Crippen molar-refractivity contribution in [3.63, 3.8) is 0 Å². The number of fused-ring (bicyclic) bond motifs is 1. The van der Waals surface area contributed by atoms with Gasteiger partial charge in [0.25, 0.3) is 0 Å². The molecule has 106 valence electrons. The normalized spacial score (nSPS) is 14.7. The molecule has 1 aliphatic carbocycles. The number of hydrogen-bond acceptors (Lipinski definition) is 3. The quantitative estimate of drug-likeness (QED) is 0.831. The van der Waals surface area contributed by atoms with Crippen molar-refractivity contribution < 1.29 is 4.79 Å². The summed E-state index contributed by atoms with van der Waals surface area (Å²) in [6.45, 7) is 1.10. The maximum atomic E-state index is 12.1. The molecule has 4 nitrogen and oxygen atoms in total. The van der Waals surface area contributed by atoms with E-state index in [-0.39, 0.29) is 5.91 Å². The highest BCUT2D eigenvalue weighted by atomic mass is 32.2. The van der Waals surface area contributed by atoms with E-state index in [1.807, 2.05) is 30.5 Å². The maximum absolute atomic E-state index is 12.1. The van der Waals surface area contributed by atoms with E-state index in [0.717, 1.165) is 29.2 Å². The van der Waals surface area contributed by atoms with Crippen LogP contribution in [0.15, 0.2) is 24.3 Å². The fraction of sp³-hybridized carbons (Fsp3) is 0.467. The largest absolute Gasteiger partial charge is 0.354 e. The average molecular weight is 289 g/mol. The molecule has 0 saturated heterocycles. The number of benzene rings is 1. The average Bonchev–Trinajstić information content (AvgIpc) is 3.23. The highest BCUT2D eigenvalue weighted by Gasteiger charge is 2.29. The molecular weight excluding hydrogens is 270 g/mol. The minimum atomic E-state index is 0.0732. The van der Waals surface area contributed by atoms with Gasteiger partial charge < -0.3 is 9.88 Å². The Hall–Kier alpha value is -1.49. The van der Waals surface area contributed by atoms with Gasteiger partial charge in [0, 0.05) is 18.2 Å². The van der Waals surface area contributed by atoms with Crippen molar-refractivity contribution in [2.75, 3.05) is 18.6 Å². The Balaban J connectivity index is 1.82. The summed E-state index contributed by atoms with van der Waals surface area (Å²) >= 11 is 1.74. The predicted molar refractivity (Wildman–Crippen MR) is 83.1 cm³/mol. The summed E-state index contributed by atoms with van der Waals surface area (Å²) in [5, 5.41) is 2.96. The van der Waals surface area contributed by atoms with Crippen LogP contribution < -0.4 is 5.32 Å². The molecule has 1 saturated carbocycles. The number of rotatable bonds is 6. The van der Waals surface area contributed by atoms with Crippen LogP contribution >= 0.6 is 11.8 Å². The second-order valence-corrected chi connectivity index (χ2v) is 6.15. The number of nitrogens with zero attached hydrogens (tertiary/aromatic N) is 2. The molecule has 1 amide bonds. The Morgan fingerprint density at radius 3 is 3.00 bits per heavy atom. The van der Waals surface area contributed by atoms with Crippen LogP contribution in [0.3, 0.4) is 0 Å². The van der Waals surface area contributed by atoms with Gasteiger partial charge in [0.2, 0.25) is 5.91 Å². The summed E-state index contributed by atoms with van der Waals surface area (Å²) < 4.78 is 2.08. The van der Waals surface area contributed by atoms with Crippen LogP contribution in [0, 0.1) is 0 Å². The van der Waals surface area contributed by atoms with Crippen LogP contribution in [-0.2, 0) is 11.3 Å². The molecule has 0 spiro atoms. The number of para-hydroxylation sites is 2. The van der Waals surface area contributed by atoms with Gasteiger partial charge in [-0.25, -0.2) is 4.98 Å². The van der Waals surface area contributed by atoms with Gasteiger partial charge in [-0.1, -0.05) is 12.1 Å². The molecule has 0 bridgehead atoms. The van der Waals surface area contributed by atoms with Crippen LogP contribution in [0.1, 0.15) is 24.6 Å². The minimum absolute atomic E-state index is 0.0732. The van der Waals surface area contributed by atoms with Crippen LogP contribution in [-0.4, -0.2) is 34.0 Å². The molecule has 5 heteroatoms. The lowest BCUT2D eigenvalue weighted by Crippen LogP contribution is -2.29. The summed E-state index contributed by atoms with van der Waals surface area (Å²) in [6.07, 6.45) is 4.43. The van der Waals surface area contributed by atoms with Crippen LogP contribution in [0.2, 0.25) is 0 Å². The third-order valence-corrected chi connectivity index (χ3v) is 4.17. The molecule has 2 aromatic rings. The highest BCUT2D eigenvalue weighted by Crippen LogP contribution is 2.40. The van der Waals surface area contributed by atoms with Crippen LogP contribution in [0.5, 0.6) is 0 Å². The first-order chi connectivity index (χ1) is 9.79. The Kier molecular flexibility index (Phi) is 3.96. The van der Waals surface area contributed by atoms with Gasteiger partial charge in [-0.05, 0) is 31.2 Å². The van der Waals surface area contributed by atoms with E-state index < -0.39 is 0 Å². The molecule has 0 radical (unpaired) electrons.